The molecule has 2 amide bonds. The lowest BCUT2D eigenvalue weighted by Crippen LogP contribution is -2.42. The molecule has 0 aromatic heterocycles. The third-order valence-corrected chi connectivity index (χ3v) is 6.80. The first-order valence-electron chi connectivity index (χ1n) is 11.3. The summed E-state index contributed by atoms with van der Waals surface area (Å²) in [7, 11) is 2.06. The summed E-state index contributed by atoms with van der Waals surface area (Å²) in [4.78, 5) is 32.1. The van der Waals surface area contributed by atoms with Crippen LogP contribution in [0.3, 0.4) is 0 Å². The van der Waals surface area contributed by atoms with Crippen molar-refractivity contribution in [2.75, 3.05) is 0 Å². The second-order valence-electron chi connectivity index (χ2n) is 8.27. The van der Waals surface area contributed by atoms with E-state index in [1.165, 1.54) is 5.46 Å². The zero-order valence-electron chi connectivity index (χ0n) is 19.1. The van der Waals surface area contributed by atoms with Gasteiger partial charge in [0.1, 0.15) is 7.85 Å². The number of hydrazine groups is 1. The Labute approximate surface area is 209 Å². The standard InChI is InChI=1S/C28H22BN3O2S/c29-21-13-10-19(11-14-21)27-22-8-4-5-9-24(22)35-25-15-12-20(17-23(25)30-27)28(34)32-31-26(33)16-18-6-2-1-3-7-18/h1-15,17H,16,29H2,(H,31,33)(H,32,34). The molecule has 0 saturated heterocycles. The minimum absolute atomic E-state index is 0.185. The van der Waals surface area contributed by atoms with Crippen LogP contribution >= 0.6 is 11.8 Å². The van der Waals surface area contributed by atoms with Crippen molar-refractivity contribution in [3.05, 3.63) is 119 Å². The smallest absolute Gasteiger partial charge is 0.269 e. The van der Waals surface area contributed by atoms with Crippen molar-refractivity contribution in [2.24, 2.45) is 4.99 Å². The molecule has 0 unspecified atom stereocenters. The summed E-state index contributed by atoms with van der Waals surface area (Å²) in [6, 6.07) is 31.3. The van der Waals surface area contributed by atoms with E-state index in [9.17, 15) is 9.59 Å². The molecule has 0 fully saturated rings. The number of nitrogens with zero attached hydrogens (tertiary/aromatic N) is 1. The number of hydrogen-bond acceptors (Lipinski definition) is 4. The Balaban J connectivity index is 1.40. The average Bonchev–Trinajstić information content (AvgIpc) is 3.05. The second-order valence-corrected chi connectivity index (χ2v) is 9.36. The normalized spacial score (nSPS) is 11.9. The second kappa shape index (κ2) is 10.0. The molecule has 4 aromatic carbocycles. The number of amides is 2. The summed E-state index contributed by atoms with van der Waals surface area (Å²) in [5, 5.41) is 0. The maximum absolute atomic E-state index is 12.8. The zero-order valence-corrected chi connectivity index (χ0v) is 19.9. The number of carbonyl (C=O) groups excluding carboxylic acids is 2. The molecule has 5 rings (SSSR count). The van der Waals surface area contributed by atoms with Gasteiger partial charge in [0.2, 0.25) is 5.91 Å². The molecule has 0 atom stereocenters. The third-order valence-electron chi connectivity index (χ3n) is 5.66. The van der Waals surface area contributed by atoms with Crippen LogP contribution in [-0.2, 0) is 11.2 Å². The van der Waals surface area contributed by atoms with Gasteiger partial charge in [-0.2, -0.15) is 0 Å². The molecule has 0 spiro atoms. The van der Waals surface area contributed by atoms with Gasteiger partial charge in [-0.3, -0.25) is 20.4 Å². The van der Waals surface area contributed by atoms with E-state index in [1.807, 2.05) is 48.5 Å². The first-order chi connectivity index (χ1) is 17.1. The maximum atomic E-state index is 12.8. The van der Waals surface area contributed by atoms with Gasteiger partial charge in [-0.15, -0.1) is 0 Å². The number of rotatable bonds is 4. The first kappa shape index (κ1) is 22.7. The lowest BCUT2D eigenvalue weighted by Gasteiger charge is -2.09. The number of nitrogens with one attached hydrogen (secondary N) is 2. The van der Waals surface area contributed by atoms with Crippen molar-refractivity contribution < 1.29 is 9.59 Å². The van der Waals surface area contributed by atoms with Gasteiger partial charge >= 0.3 is 0 Å². The van der Waals surface area contributed by atoms with Crippen LogP contribution in [-0.4, -0.2) is 25.4 Å². The molecule has 0 aliphatic carbocycles. The first-order valence-corrected chi connectivity index (χ1v) is 12.1. The van der Waals surface area contributed by atoms with Crippen molar-refractivity contribution in [3.8, 4) is 0 Å². The van der Waals surface area contributed by atoms with Crippen LogP contribution < -0.4 is 16.3 Å². The van der Waals surface area contributed by atoms with E-state index in [0.717, 1.165) is 32.2 Å². The SMILES string of the molecule is Bc1ccc(C2=Nc3cc(C(=O)NNC(=O)Cc4ccccc4)ccc3Sc3ccccc32)cc1. The van der Waals surface area contributed by atoms with Gasteiger partial charge in [0.25, 0.3) is 5.91 Å². The summed E-state index contributed by atoms with van der Waals surface area (Å²) in [6.45, 7) is 0. The minimum atomic E-state index is -0.395. The average molecular weight is 475 g/mol. The maximum Gasteiger partial charge on any atom is 0.269 e. The van der Waals surface area contributed by atoms with Gasteiger partial charge in [0, 0.05) is 26.5 Å². The van der Waals surface area contributed by atoms with Crippen LogP contribution in [0.4, 0.5) is 5.69 Å². The van der Waals surface area contributed by atoms with Crippen molar-refractivity contribution >= 4 is 48.3 Å². The number of fused-ring (bicyclic) bond motifs is 2. The van der Waals surface area contributed by atoms with E-state index in [-0.39, 0.29) is 12.3 Å². The lowest BCUT2D eigenvalue weighted by molar-refractivity contribution is -0.121. The topological polar surface area (TPSA) is 70.6 Å². The molecule has 35 heavy (non-hydrogen) atoms. The Hall–Kier alpha value is -4.10. The fourth-order valence-corrected chi connectivity index (χ4v) is 4.84. The molecule has 2 N–H and O–H groups in total. The largest absolute Gasteiger partial charge is 0.273 e. The summed E-state index contributed by atoms with van der Waals surface area (Å²) in [6.07, 6.45) is 0.185. The molecule has 1 aliphatic rings. The lowest BCUT2D eigenvalue weighted by atomic mass is 9.93. The highest BCUT2D eigenvalue weighted by Crippen LogP contribution is 2.41. The summed E-state index contributed by atoms with van der Waals surface area (Å²) in [5.41, 5.74) is 11.1. The minimum Gasteiger partial charge on any atom is -0.273 e. The summed E-state index contributed by atoms with van der Waals surface area (Å²) in [5.74, 6) is -0.682. The van der Waals surface area contributed by atoms with Gasteiger partial charge in [0.05, 0.1) is 17.8 Å². The number of aliphatic imine (C=N–C) groups is 1. The van der Waals surface area contributed by atoms with E-state index in [0.29, 0.717) is 11.3 Å². The van der Waals surface area contributed by atoms with Crippen LogP contribution in [0, 0.1) is 0 Å². The van der Waals surface area contributed by atoms with Crippen molar-refractivity contribution in [1.82, 2.24) is 10.9 Å². The van der Waals surface area contributed by atoms with Crippen LogP contribution in [0.1, 0.15) is 27.0 Å². The molecule has 0 bridgehead atoms. The highest BCUT2D eigenvalue weighted by atomic mass is 32.2. The van der Waals surface area contributed by atoms with Gasteiger partial charge in [-0.1, -0.05) is 90.0 Å². The Morgan fingerprint density at radius 2 is 1.54 bits per heavy atom. The van der Waals surface area contributed by atoms with Crippen LogP contribution in [0.2, 0.25) is 0 Å². The number of benzene rings is 4. The van der Waals surface area contributed by atoms with E-state index < -0.39 is 5.91 Å². The third kappa shape index (κ3) is 5.20. The Kier molecular flexibility index (Phi) is 6.50. The molecule has 4 aromatic rings. The van der Waals surface area contributed by atoms with E-state index in [2.05, 4.69) is 55.1 Å². The fourth-order valence-electron chi connectivity index (χ4n) is 3.84. The number of carbonyl (C=O) groups is 2. The molecule has 0 saturated carbocycles. The predicted molar refractivity (Wildman–Crippen MR) is 143 cm³/mol. The van der Waals surface area contributed by atoms with Gasteiger partial charge in [-0.05, 0) is 29.8 Å². The predicted octanol–water partition coefficient (Wildman–Crippen LogP) is 3.58. The molecule has 1 heterocycles. The molecule has 5 nitrogen and oxygen atoms in total. The number of hydrogen-bond donors (Lipinski definition) is 2. The van der Waals surface area contributed by atoms with E-state index in [1.54, 1.807) is 23.9 Å². The van der Waals surface area contributed by atoms with Crippen molar-refractivity contribution in [3.63, 3.8) is 0 Å². The van der Waals surface area contributed by atoms with Gasteiger partial charge < -0.3 is 0 Å². The quantitative estimate of drug-likeness (QED) is 0.309. The fraction of sp³-hybridized carbons (Fsp3) is 0.0357. The highest BCUT2D eigenvalue weighted by molar-refractivity contribution is 7.99. The zero-order chi connectivity index (χ0) is 24.2. The van der Waals surface area contributed by atoms with Crippen LogP contribution in [0.5, 0.6) is 0 Å². The summed E-state index contributed by atoms with van der Waals surface area (Å²) >= 11 is 1.63. The Morgan fingerprint density at radius 1 is 0.800 bits per heavy atom. The van der Waals surface area contributed by atoms with Gasteiger partial charge in [0.15, 0.2) is 0 Å². The van der Waals surface area contributed by atoms with Crippen LogP contribution in [0.25, 0.3) is 0 Å². The van der Waals surface area contributed by atoms with E-state index >= 15 is 0 Å². The van der Waals surface area contributed by atoms with Crippen molar-refractivity contribution in [1.29, 1.82) is 0 Å². The van der Waals surface area contributed by atoms with Gasteiger partial charge in [-0.25, -0.2) is 4.99 Å². The molecule has 0 radical (unpaired) electrons. The Morgan fingerprint density at radius 3 is 2.34 bits per heavy atom. The van der Waals surface area contributed by atoms with Crippen LogP contribution in [0.15, 0.2) is 112 Å². The summed E-state index contributed by atoms with van der Waals surface area (Å²) < 4.78 is 0. The monoisotopic (exact) mass is 475 g/mol. The van der Waals surface area contributed by atoms with Crippen molar-refractivity contribution in [2.45, 2.75) is 16.2 Å². The van der Waals surface area contributed by atoms with E-state index in [4.69, 9.17) is 4.99 Å². The highest BCUT2D eigenvalue weighted by Gasteiger charge is 2.20. The molecule has 170 valence electrons. The molecular formula is C28H22BN3O2S. The Bertz CT molecular complexity index is 1440. The molecule has 7 heteroatoms. The molecule has 1 aliphatic heterocycles. The molecular weight excluding hydrogens is 453 g/mol.